The first-order valence-corrected chi connectivity index (χ1v) is 9.87. The summed E-state index contributed by atoms with van der Waals surface area (Å²) in [6.07, 6.45) is 1.56. The van der Waals surface area contributed by atoms with Crippen molar-refractivity contribution < 1.29 is 13.2 Å². The summed E-state index contributed by atoms with van der Waals surface area (Å²) >= 11 is 0. The van der Waals surface area contributed by atoms with E-state index >= 15 is 0 Å². The molecule has 6 nitrogen and oxygen atoms in total. The highest BCUT2D eigenvalue weighted by Gasteiger charge is 2.26. The van der Waals surface area contributed by atoms with Crippen LogP contribution in [0.5, 0.6) is 0 Å². The molecule has 2 N–H and O–H groups in total. The van der Waals surface area contributed by atoms with Gasteiger partial charge in [0.05, 0.1) is 11.4 Å². The molecule has 0 saturated carbocycles. The van der Waals surface area contributed by atoms with Gasteiger partial charge in [0, 0.05) is 17.9 Å². The highest BCUT2D eigenvalue weighted by Crippen LogP contribution is 2.31. The third-order valence-corrected chi connectivity index (χ3v) is 5.93. The first-order valence-electron chi connectivity index (χ1n) is 8.26. The monoisotopic (exact) mass is 359 g/mol. The van der Waals surface area contributed by atoms with E-state index in [0.717, 1.165) is 18.4 Å². The number of benzene rings is 2. The summed E-state index contributed by atoms with van der Waals surface area (Å²) in [5.41, 5.74) is 2.99. The maximum atomic E-state index is 12.2. The second-order valence-corrected chi connectivity index (χ2v) is 8.05. The van der Waals surface area contributed by atoms with Crippen molar-refractivity contribution in [1.82, 2.24) is 0 Å². The van der Waals surface area contributed by atoms with Crippen LogP contribution >= 0.6 is 0 Å². The molecule has 0 unspecified atom stereocenters. The molecule has 1 aliphatic heterocycles. The zero-order chi connectivity index (χ0) is 17.9. The van der Waals surface area contributed by atoms with Crippen molar-refractivity contribution in [3.63, 3.8) is 0 Å². The van der Waals surface area contributed by atoms with Gasteiger partial charge in [-0.05, 0) is 55.7 Å². The Morgan fingerprint density at radius 3 is 2.52 bits per heavy atom. The molecule has 2 aromatic rings. The summed E-state index contributed by atoms with van der Waals surface area (Å²) in [4.78, 5) is 12.1. The van der Waals surface area contributed by atoms with Crippen LogP contribution in [0.4, 0.5) is 21.9 Å². The second kappa shape index (κ2) is 7.14. The Morgan fingerprint density at radius 2 is 1.80 bits per heavy atom. The number of carbonyl (C=O) groups is 1. The average Bonchev–Trinajstić information content (AvgIpc) is 2.61. The average molecular weight is 359 g/mol. The fourth-order valence-electron chi connectivity index (χ4n) is 2.90. The molecule has 0 bridgehead atoms. The molecule has 0 saturated heterocycles. The number of aryl methyl sites for hydroxylation is 1. The van der Waals surface area contributed by atoms with Crippen LogP contribution in [0.1, 0.15) is 18.9 Å². The van der Waals surface area contributed by atoms with E-state index in [-0.39, 0.29) is 11.8 Å². The summed E-state index contributed by atoms with van der Waals surface area (Å²) in [6.45, 7) is 2.15. The summed E-state index contributed by atoms with van der Waals surface area (Å²) in [6, 6.07) is 14.2. The van der Waals surface area contributed by atoms with E-state index in [1.54, 1.807) is 31.2 Å². The van der Waals surface area contributed by atoms with Gasteiger partial charge in [0.15, 0.2) is 0 Å². The molecular formula is C18H21N3O3S. The van der Waals surface area contributed by atoms with Gasteiger partial charge in [-0.2, -0.15) is 0 Å². The van der Waals surface area contributed by atoms with Gasteiger partial charge in [0.1, 0.15) is 0 Å². The van der Waals surface area contributed by atoms with Gasteiger partial charge >= 0.3 is 6.03 Å². The smallest absolute Gasteiger partial charge is 0.308 e. The molecule has 7 heteroatoms. The van der Waals surface area contributed by atoms with E-state index < -0.39 is 10.0 Å². The van der Waals surface area contributed by atoms with Crippen LogP contribution in [-0.2, 0) is 16.4 Å². The van der Waals surface area contributed by atoms with E-state index in [1.807, 2.05) is 24.3 Å². The Kier molecular flexibility index (Phi) is 4.94. The molecule has 1 heterocycles. The number of hydrogen-bond donors (Lipinski definition) is 2. The Morgan fingerprint density at radius 1 is 1.08 bits per heavy atom. The number of fused-ring (bicyclic) bond motifs is 1. The first kappa shape index (κ1) is 17.3. The van der Waals surface area contributed by atoms with Crippen molar-refractivity contribution in [1.29, 1.82) is 0 Å². The lowest BCUT2D eigenvalue weighted by atomic mass is 10.0. The Hall–Kier alpha value is -2.54. The topological polar surface area (TPSA) is 78.5 Å². The zero-order valence-electron chi connectivity index (χ0n) is 14.0. The number of amides is 2. The van der Waals surface area contributed by atoms with Gasteiger partial charge in [-0.15, -0.1) is 0 Å². The highest BCUT2D eigenvalue weighted by atomic mass is 32.2. The van der Waals surface area contributed by atoms with Crippen molar-refractivity contribution in [2.45, 2.75) is 19.8 Å². The minimum Gasteiger partial charge on any atom is -0.308 e. The molecule has 0 radical (unpaired) electrons. The van der Waals surface area contributed by atoms with Crippen molar-refractivity contribution in [3.05, 3.63) is 54.1 Å². The van der Waals surface area contributed by atoms with E-state index in [2.05, 4.69) is 10.6 Å². The van der Waals surface area contributed by atoms with Crippen LogP contribution in [0.15, 0.2) is 48.5 Å². The number of rotatable bonds is 4. The standard InChI is InChI=1S/C18H21N3O3S/c1-2-25(23,24)21-12-6-7-14-13-16(10-11-17(14)21)20-18(22)19-15-8-4-3-5-9-15/h3-5,8-11,13H,2,6-7,12H2,1H3,(H2,19,20,22). The molecule has 25 heavy (non-hydrogen) atoms. The van der Waals surface area contributed by atoms with Gasteiger partial charge in [0.25, 0.3) is 0 Å². The van der Waals surface area contributed by atoms with E-state index in [0.29, 0.717) is 23.6 Å². The fourth-order valence-corrected chi connectivity index (χ4v) is 4.10. The molecule has 3 rings (SSSR count). The first-order chi connectivity index (χ1) is 12.0. The molecule has 0 aromatic heterocycles. The molecule has 0 spiro atoms. The maximum absolute atomic E-state index is 12.2. The van der Waals surface area contributed by atoms with Gasteiger partial charge in [-0.3, -0.25) is 4.31 Å². The fraction of sp³-hybridized carbons (Fsp3) is 0.278. The number of sulfonamides is 1. The third-order valence-electron chi connectivity index (χ3n) is 4.15. The molecule has 2 aromatic carbocycles. The minimum absolute atomic E-state index is 0.0753. The summed E-state index contributed by atoms with van der Waals surface area (Å²) in [5.74, 6) is 0.0753. The molecule has 0 fully saturated rings. The van der Waals surface area contributed by atoms with Gasteiger partial charge in [0.2, 0.25) is 10.0 Å². The lowest BCUT2D eigenvalue weighted by Crippen LogP contribution is -2.36. The summed E-state index contributed by atoms with van der Waals surface area (Å²) in [7, 11) is -3.28. The van der Waals surface area contributed by atoms with Crippen molar-refractivity contribution in [2.75, 3.05) is 27.2 Å². The number of carbonyl (C=O) groups excluding carboxylic acids is 1. The molecule has 2 amide bonds. The number of para-hydroxylation sites is 1. The number of nitrogens with zero attached hydrogens (tertiary/aromatic N) is 1. The van der Waals surface area contributed by atoms with Crippen LogP contribution in [0, 0.1) is 0 Å². The van der Waals surface area contributed by atoms with E-state index in [1.165, 1.54) is 4.31 Å². The van der Waals surface area contributed by atoms with Crippen molar-refractivity contribution in [3.8, 4) is 0 Å². The van der Waals surface area contributed by atoms with Crippen molar-refractivity contribution in [2.24, 2.45) is 0 Å². The number of anilines is 3. The quantitative estimate of drug-likeness (QED) is 0.878. The number of nitrogens with one attached hydrogen (secondary N) is 2. The van der Waals surface area contributed by atoms with Crippen molar-refractivity contribution >= 4 is 33.1 Å². The lowest BCUT2D eigenvalue weighted by molar-refractivity contribution is 0.262. The Labute approximate surface area is 147 Å². The highest BCUT2D eigenvalue weighted by molar-refractivity contribution is 7.92. The molecule has 0 aliphatic carbocycles. The van der Waals surface area contributed by atoms with Gasteiger partial charge in [-0.1, -0.05) is 18.2 Å². The van der Waals surface area contributed by atoms with Crippen LogP contribution in [0.3, 0.4) is 0 Å². The largest absolute Gasteiger partial charge is 0.323 e. The van der Waals surface area contributed by atoms with Crippen LogP contribution < -0.4 is 14.9 Å². The molecule has 1 aliphatic rings. The number of urea groups is 1. The van der Waals surface area contributed by atoms with Crippen LogP contribution in [-0.4, -0.2) is 26.7 Å². The molecule has 0 atom stereocenters. The number of hydrogen-bond acceptors (Lipinski definition) is 3. The van der Waals surface area contributed by atoms with Gasteiger partial charge < -0.3 is 10.6 Å². The summed E-state index contributed by atoms with van der Waals surface area (Å²) in [5, 5.41) is 5.55. The third kappa shape index (κ3) is 3.93. The predicted molar refractivity (Wildman–Crippen MR) is 101 cm³/mol. The summed E-state index contributed by atoms with van der Waals surface area (Å²) < 4.78 is 25.9. The minimum atomic E-state index is -3.28. The van der Waals surface area contributed by atoms with E-state index in [9.17, 15) is 13.2 Å². The van der Waals surface area contributed by atoms with Crippen LogP contribution in [0.25, 0.3) is 0 Å². The Bertz CT molecular complexity index is 866. The SMILES string of the molecule is CCS(=O)(=O)N1CCCc2cc(NC(=O)Nc3ccccc3)ccc21. The predicted octanol–water partition coefficient (Wildman–Crippen LogP) is 3.43. The van der Waals surface area contributed by atoms with E-state index in [4.69, 9.17) is 0 Å². The second-order valence-electron chi connectivity index (χ2n) is 5.86. The lowest BCUT2D eigenvalue weighted by Gasteiger charge is -2.30. The molecule has 132 valence electrons. The Balaban J connectivity index is 1.76. The maximum Gasteiger partial charge on any atom is 0.323 e. The zero-order valence-corrected chi connectivity index (χ0v) is 14.8. The molecular weight excluding hydrogens is 338 g/mol. The normalized spacial score (nSPS) is 13.9. The van der Waals surface area contributed by atoms with Crippen LogP contribution in [0.2, 0.25) is 0 Å². The van der Waals surface area contributed by atoms with Gasteiger partial charge in [-0.25, -0.2) is 13.2 Å².